The average Bonchev–Trinajstić information content (AvgIpc) is 3.29. The fourth-order valence-corrected chi connectivity index (χ4v) is 4.79. The molecule has 0 spiro atoms. The first-order valence-corrected chi connectivity index (χ1v) is 11.7. The third-order valence-electron chi connectivity index (χ3n) is 5.22. The van der Waals surface area contributed by atoms with Crippen molar-refractivity contribution in [3.8, 4) is 11.5 Å². The smallest absolute Gasteiger partial charge is 0.135 e. The highest BCUT2D eigenvalue weighted by atomic mass is 79.9. The van der Waals surface area contributed by atoms with Crippen LogP contribution in [0.2, 0.25) is 0 Å². The van der Waals surface area contributed by atoms with Gasteiger partial charge < -0.3 is 19.0 Å². The summed E-state index contributed by atoms with van der Waals surface area (Å²) in [5.74, 6) is 3.91. The Bertz CT molecular complexity index is 1150. The molecule has 0 aliphatic carbocycles. The number of fused-ring (bicyclic) bond motifs is 1. The molecule has 0 saturated heterocycles. The molecule has 0 amide bonds. The number of rotatable bonds is 8. The van der Waals surface area contributed by atoms with Crippen LogP contribution in [0.4, 0.5) is 0 Å². The van der Waals surface area contributed by atoms with E-state index in [4.69, 9.17) is 4.74 Å². The van der Waals surface area contributed by atoms with Gasteiger partial charge in [-0.1, -0.05) is 18.2 Å². The molecule has 0 saturated carbocycles. The maximum Gasteiger partial charge on any atom is 0.135 e. The number of ether oxygens (including phenoxy) is 1. The molecule has 0 bridgehead atoms. The van der Waals surface area contributed by atoms with Crippen molar-refractivity contribution in [2.75, 3.05) is 12.4 Å². The van der Waals surface area contributed by atoms with E-state index < -0.39 is 0 Å². The Morgan fingerprint density at radius 2 is 2.00 bits per heavy atom. The first-order chi connectivity index (χ1) is 14.5. The molecule has 30 heavy (non-hydrogen) atoms. The molecule has 0 unspecified atom stereocenters. The van der Waals surface area contributed by atoms with Crippen LogP contribution in [0.5, 0.6) is 11.5 Å². The number of aryl methyl sites for hydroxylation is 2. The average molecular weight is 486 g/mol. The number of imidazole rings is 1. The van der Waals surface area contributed by atoms with Crippen molar-refractivity contribution in [3.05, 3.63) is 76.4 Å². The number of thioether (sulfide) groups is 1. The number of aromatic hydroxyl groups is 1. The lowest BCUT2D eigenvalue weighted by Crippen LogP contribution is -2.02. The molecule has 2 aromatic heterocycles. The van der Waals surface area contributed by atoms with Gasteiger partial charge in [0.2, 0.25) is 0 Å². The van der Waals surface area contributed by atoms with Crippen LogP contribution in [0.25, 0.3) is 10.9 Å². The van der Waals surface area contributed by atoms with Gasteiger partial charge in [0.15, 0.2) is 0 Å². The fraction of sp³-hybridized carbons (Fsp3) is 0.261. The molecule has 0 aliphatic rings. The monoisotopic (exact) mass is 485 g/mol. The van der Waals surface area contributed by atoms with Crippen molar-refractivity contribution in [3.63, 3.8) is 0 Å². The van der Waals surface area contributed by atoms with Gasteiger partial charge in [-0.25, -0.2) is 4.98 Å². The maximum absolute atomic E-state index is 10.7. The summed E-state index contributed by atoms with van der Waals surface area (Å²) >= 11 is 5.36. The standard InChI is InChI=1S/C23H24BrN3O2S/c1-16-25-8-9-27(16)14-20-19-12-17(26(2)22(19)13-21(24)23(20)28)15-30-11-10-29-18-6-4-3-5-7-18/h3-9,12-13,28H,10-11,14-15H2,1-2H3. The molecule has 0 aliphatic heterocycles. The van der Waals surface area contributed by atoms with E-state index >= 15 is 0 Å². The number of benzene rings is 2. The van der Waals surface area contributed by atoms with Crippen molar-refractivity contribution in [2.45, 2.75) is 19.2 Å². The van der Waals surface area contributed by atoms with Crippen LogP contribution >= 0.6 is 27.7 Å². The lowest BCUT2D eigenvalue weighted by Gasteiger charge is -2.11. The van der Waals surface area contributed by atoms with E-state index in [0.717, 1.165) is 39.5 Å². The number of para-hydroxylation sites is 1. The number of phenolic OH excluding ortho intramolecular Hbond substituents is 1. The lowest BCUT2D eigenvalue weighted by atomic mass is 10.1. The van der Waals surface area contributed by atoms with Gasteiger partial charge in [0, 0.05) is 53.1 Å². The molecule has 4 aromatic rings. The third-order valence-corrected chi connectivity index (χ3v) is 6.78. The van der Waals surface area contributed by atoms with Gasteiger partial charge in [-0.15, -0.1) is 0 Å². The van der Waals surface area contributed by atoms with Gasteiger partial charge >= 0.3 is 0 Å². The van der Waals surface area contributed by atoms with E-state index in [0.29, 0.717) is 17.6 Å². The Morgan fingerprint density at radius 1 is 1.20 bits per heavy atom. The van der Waals surface area contributed by atoms with Crippen molar-refractivity contribution >= 4 is 38.6 Å². The summed E-state index contributed by atoms with van der Waals surface area (Å²) in [7, 11) is 2.08. The topological polar surface area (TPSA) is 52.2 Å². The molecule has 5 nitrogen and oxygen atoms in total. The van der Waals surface area contributed by atoms with Crippen LogP contribution in [0.15, 0.2) is 59.3 Å². The molecule has 0 radical (unpaired) electrons. The van der Waals surface area contributed by atoms with E-state index in [9.17, 15) is 5.11 Å². The zero-order chi connectivity index (χ0) is 21.1. The number of halogens is 1. The van der Waals surface area contributed by atoms with E-state index in [2.05, 4.69) is 38.6 Å². The summed E-state index contributed by atoms with van der Waals surface area (Å²) in [4.78, 5) is 4.30. The molecule has 0 atom stereocenters. The largest absolute Gasteiger partial charge is 0.506 e. The molecule has 0 fully saturated rings. The molecule has 156 valence electrons. The van der Waals surface area contributed by atoms with Gasteiger partial charge in [0.1, 0.15) is 17.3 Å². The van der Waals surface area contributed by atoms with Crippen molar-refractivity contribution in [1.29, 1.82) is 0 Å². The Morgan fingerprint density at radius 3 is 2.73 bits per heavy atom. The van der Waals surface area contributed by atoms with E-state index in [1.807, 2.05) is 65.8 Å². The number of aromatic nitrogens is 3. The van der Waals surface area contributed by atoms with Crippen molar-refractivity contribution in [2.24, 2.45) is 7.05 Å². The number of hydrogen-bond acceptors (Lipinski definition) is 4. The molecule has 1 N–H and O–H groups in total. The van der Waals surface area contributed by atoms with Gasteiger partial charge in [-0.3, -0.25) is 0 Å². The molecular formula is C23H24BrN3O2S. The second-order valence-corrected chi connectivity index (χ2v) is 9.09. The maximum atomic E-state index is 10.7. The minimum absolute atomic E-state index is 0.289. The summed E-state index contributed by atoms with van der Waals surface area (Å²) in [6.45, 7) is 3.22. The van der Waals surface area contributed by atoms with Crippen LogP contribution in [-0.4, -0.2) is 31.6 Å². The molecule has 7 heteroatoms. The van der Waals surface area contributed by atoms with E-state index in [1.165, 1.54) is 5.69 Å². The van der Waals surface area contributed by atoms with Crippen LogP contribution in [0.1, 0.15) is 17.1 Å². The Labute approximate surface area is 188 Å². The summed E-state index contributed by atoms with van der Waals surface area (Å²) < 4.78 is 10.7. The number of phenols is 1. The van der Waals surface area contributed by atoms with Gasteiger partial charge in [0.25, 0.3) is 0 Å². The van der Waals surface area contributed by atoms with Crippen LogP contribution in [0, 0.1) is 6.92 Å². The minimum Gasteiger partial charge on any atom is -0.506 e. The highest BCUT2D eigenvalue weighted by Gasteiger charge is 2.17. The van der Waals surface area contributed by atoms with Gasteiger partial charge in [0.05, 0.1) is 17.6 Å². The fourth-order valence-electron chi connectivity index (χ4n) is 3.50. The lowest BCUT2D eigenvalue weighted by molar-refractivity contribution is 0.344. The highest BCUT2D eigenvalue weighted by molar-refractivity contribution is 9.10. The summed E-state index contributed by atoms with van der Waals surface area (Å²) in [6.07, 6.45) is 3.72. The zero-order valence-corrected chi connectivity index (χ0v) is 19.4. The number of nitrogens with zero attached hydrogens (tertiary/aromatic N) is 3. The van der Waals surface area contributed by atoms with Crippen LogP contribution in [0.3, 0.4) is 0 Å². The second-order valence-electron chi connectivity index (χ2n) is 7.13. The van der Waals surface area contributed by atoms with Gasteiger partial charge in [-0.2, -0.15) is 11.8 Å². The summed E-state index contributed by atoms with van der Waals surface area (Å²) in [6, 6.07) is 14.1. The quantitative estimate of drug-likeness (QED) is 0.334. The Kier molecular flexibility index (Phi) is 6.39. The SMILES string of the molecule is Cc1nccn1Cc1c(O)c(Br)cc2c1cc(CSCCOc1ccccc1)n2C. The molecule has 4 rings (SSSR count). The second kappa shape index (κ2) is 9.18. The molecule has 2 aromatic carbocycles. The van der Waals surface area contributed by atoms with Crippen LogP contribution in [-0.2, 0) is 19.3 Å². The molecule has 2 heterocycles. The van der Waals surface area contributed by atoms with Crippen molar-refractivity contribution in [1.82, 2.24) is 14.1 Å². The normalized spacial score (nSPS) is 11.3. The highest BCUT2D eigenvalue weighted by Crippen LogP contribution is 2.37. The van der Waals surface area contributed by atoms with Gasteiger partial charge in [-0.05, 0) is 47.1 Å². The van der Waals surface area contributed by atoms with E-state index in [1.54, 1.807) is 6.20 Å². The zero-order valence-electron chi connectivity index (χ0n) is 17.0. The summed E-state index contributed by atoms with van der Waals surface area (Å²) in [5, 5.41) is 11.8. The first-order valence-electron chi connectivity index (χ1n) is 9.76. The Balaban J connectivity index is 1.50. The van der Waals surface area contributed by atoms with Crippen molar-refractivity contribution < 1.29 is 9.84 Å². The first kappa shape index (κ1) is 20.9. The molecular weight excluding hydrogens is 462 g/mol. The number of hydrogen-bond donors (Lipinski definition) is 1. The predicted octanol–water partition coefficient (Wildman–Crippen LogP) is 5.51. The third kappa shape index (κ3) is 4.37. The van der Waals surface area contributed by atoms with E-state index in [-0.39, 0.29) is 5.75 Å². The minimum atomic E-state index is 0.289. The predicted molar refractivity (Wildman–Crippen MR) is 126 cm³/mol. The summed E-state index contributed by atoms with van der Waals surface area (Å²) in [5.41, 5.74) is 3.22. The Hall–Kier alpha value is -2.38. The van der Waals surface area contributed by atoms with Crippen LogP contribution < -0.4 is 4.74 Å².